The van der Waals surface area contributed by atoms with Crippen molar-refractivity contribution in [3.63, 3.8) is 0 Å². The number of fused-ring (bicyclic) bond motifs is 1. The second kappa shape index (κ2) is 7.74. The first kappa shape index (κ1) is 19.4. The molecule has 2 aromatic carbocycles. The van der Waals surface area contributed by atoms with Crippen LogP contribution in [0.3, 0.4) is 0 Å². The molecule has 1 amide bonds. The maximum atomic E-state index is 14.6. The normalized spacial score (nSPS) is 15.1. The summed E-state index contributed by atoms with van der Waals surface area (Å²) in [4.78, 5) is 12.2. The van der Waals surface area contributed by atoms with Gasteiger partial charge in [-0.1, -0.05) is 6.07 Å². The molecule has 8 heteroatoms. The van der Waals surface area contributed by atoms with Crippen LogP contribution in [0.1, 0.15) is 24.5 Å². The zero-order valence-electron chi connectivity index (χ0n) is 14.8. The fourth-order valence-corrected chi connectivity index (χ4v) is 4.41. The molecule has 0 radical (unpaired) electrons. The van der Waals surface area contributed by atoms with E-state index in [4.69, 9.17) is 0 Å². The molecule has 0 spiro atoms. The monoisotopic (exact) mass is 394 g/mol. The highest BCUT2D eigenvalue weighted by Gasteiger charge is 2.26. The molecule has 1 unspecified atom stereocenters. The van der Waals surface area contributed by atoms with Crippen molar-refractivity contribution in [2.24, 2.45) is 0 Å². The summed E-state index contributed by atoms with van der Waals surface area (Å²) in [6.07, 6.45) is 0.192. The molecule has 1 aliphatic rings. The summed E-state index contributed by atoms with van der Waals surface area (Å²) in [6, 6.07) is 7.66. The van der Waals surface area contributed by atoms with Gasteiger partial charge in [0, 0.05) is 13.0 Å². The Morgan fingerprint density at radius 2 is 1.89 bits per heavy atom. The SMILES string of the molecule is CC(CC(=O)Nc1ccc2c(c1F)CCNC2)S(=O)(=O)c1ccc(F)cc1. The van der Waals surface area contributed by atoms with Gasteiger partial charge in [-0.05, 0) is 61.3 Å². The van der Waals surface area contributed by atoms with E-state index in [0.29, 0.717) is 25.1 Å². The van der Waals surface area contributed by atoms with Crippen molar-refractivity contribution in [1.29, 1.82) is 0 Å². The Bertz CT molecular complexity index is 960. The van der Waals surface area contributed by atoms with Gasteiger partial charge in [0.1, 0.15) is 11.6 Å². The van der Waals surface area contributed by atoms with Crippen LogP contribution in [0.2, 0.25) is 0 Å². The van der Waals surface area contributed by atoms with Gasteiger partial charge < -0.3 is 10.6 Å². The molecule has 144 valence electrons. The second-order valence-electron chi connectivity index (χ2n) is 6.55. The van der Waals surface area contributed by atoms with E-state index in [1.807, 2.05) is 0 Å². The van der Waals surface area contributed by atoms with Crippen molar-refractivity contribution in [1.82, 2.24) is 5.32 Å². The van der Waals surface area contributed by atoms with Crippen LogP contribution < -0.4 is 10.6 Å². The standard InChI is InChI=1S/C19H20F2N2O3S/c1-12(27(25,26)15-5-3-14(20)4-6-15)10-18(24)23-17-7-2-13-11-22-9-8-16(13)19(17)21/h2-7,12,22H,8-11H2,1H3,(H,23,24). The Balaban J connectivity index is 1.71. The van der Waals surface area contributed by atoms with Crippen LogP contribution >= 0.6 is 0 Å². The summed E-state index contributed by atoms with van der Waals surface area (Å²) in [7, 11) is -3.80. The van der Waals surface area contributed by atoms with E-state index in [2.05, 4.69) is 10.6 Å². The molecule has 1 atom stereocenters. The van der Waals surface area contributed by atoms with Crippen molar-refractivity contribution in [3.8, 4) is 0 Å². The van der Waals surface area contributed by atoms with Gasteiger partial charge in [-0.3, -0.25) is 4.79 Å². The van der Waals surface area contributed by atoms with Gasteiger partial charge in [-0.2, -0.15) is 0 Å². The first-order valence-electron chi connectivity index (χ1n) is 8.59. The molecule has 0 aliphatic carbocycles. The predicted molar refractivity (Wildman–Crippen MR) is 98.1 cm³/mol. The summed E-state index contributed by atoms with van der Waals surface area (Å²) in [5.74, 6) is -1.62. The van der Waals surface area contributed by atoms with Gasteiger partial charge >= 0.3 is 0 Å². The average Bonchev–Trinajstić information content (AvgIpc) is 2.64. The quantitative estimate of drug-likeness (QED) is 0.765. The molecule has 2 N–H and O–H groups in total. The highest BCUT2D eigenvalue weighted by Crippen LogP contribution is 2.25. The molecule has 3 rings (SSSR count). The number of sulfone groups is 1. The van der Waals surface area contributed by atoms with E-state index in [-0.39, 0.29) is 17.0 Å². The molecule has 2 aromatic rings. The highest BCUT2D eigenvalue weighted by atomic mass is 32.2. The largest absolute Gasteiger partial charge is 0.324 e. The molecule has 1 heterocycles. The van der Waals surface area contributed by atoms with E-state index in [1.54, 1.807) is 6.07 Å². The Labute approximate surface area is 156 Å². The van der Waals surface area contributed by atoms with Gasteiger partial charge in [-0.15, -0.1) is 0 Å². The minimum absolute atomic E-state index is 0.0482. The third-order valence-corrected chi connectivity index (χ3v) is 6.78. The van der Waals surface area contributed by atoms with E-state index in [1.165, 1.54) is 13.0 Å². The van der Waals surface area contributed by atoms with Crippen LogP contribution in [0.4, 0.5) is 14.5 Å². The number of carbonyl (C=O) groups is 1. The third kappa shape index (κ3) is 4.17. The summed E-state index contributed by atoms with van der Waals surface area (Å²) in [6.45, 7) is 2.63. The molecule has 0 fully saturated rings. The number of halogens is 2. The van der Waals surface area contributed by atoms with Crippen molar-refractivity contribution < 1.29 is 22.0 Å². The lowest BCUT2D eigenvalue weighted by molar-refractivity contribution is -0.116. The van der Waals surface area contributed by atoms with Crippen LogP contribution in [0.5, 0.6) is 0 Å². The molecule has 5 nitrogen and oxygen atoms in total. The van der Waals surface area contributed by atoms with E-state index < -0.39 is 32.6 Å². The number of anilines is 1. The predicted octanol–water partition coefficient (Wildman–Crippen LogP) is 2.80. The smallest absolute Gasteiger partial charge is 0.225 e. The lowest BCUT2D eigenvalue weighted by Gasteiger charge is -2.20. The summed E-state index contributed by atoms with van der Waals surface area (Å²) >= 11 is 0. The average molecular weight is 394 g/mol. The van der Waals surface area contributed by atoms with Gasteiger partial charge in [0.2, 0.25) is 5.91 Å². The number of rotatable bonds is 5. The highest BCUT2D eigenvalue weighted by molar-refractivity contribution is 7.92. The molecule has 27 heavy (non-hydrogen) atoms. The Morgan fingerprint density at radius 1 is 1.19 bits per heavy atom. The molecule has 0 saturated heterocycles. The molecular formula is C19H20F2N2O3S. The van der Waals surface area contributed by atoms with Gasteiger partial charge in [0.25, 0.3) is 0 Å². The number of hydrogen-bond donors (Lipinski definition) is 2. The fourth-order valence-electron chi connectivity index (χ4n) is 3.06. The van der Waals surface area contributed by atoms with Crippen LogP contribution in [-0.4, -0.2) is 26.1 Å². The molecule has 0 bridgehead atoms. The fraction of sp³-hybridized carbons (Fsp3) is 0.316. The van der Waals surface area contributed by atoms with Crippen molar-refractivity contribution in [2.45, 2.75) is 36.5 Å². The maximum Gasteiger partial charge on any atom is 0.225 e. The number of nitrogens with one attached hydrogen (secondary N) is 2. The molecule has 0 aromatic heterocycles. The van der Waals surface area contributed by atoms with E-state index in [9.17, 15) is 22.0 Å². The van der Waals surface area contributed by atoms with Crippen molar-refractivity contribution >= 4 is 21.4 Å². The Hall–Kier alpha value is -2.32. The maximum absolute atomic E-state index is 14.6. The third-order valence-electron chi connectivity index (χ3n) is 4.63. The minimum Gasteiger partial charge on any atom is -0.324 e. The topological polar surface area (TPSA) is 75.3 Å². The zero-order valence-corrected chi connectivity index (χ0v) is 15.6. The van der Waals surface area contributed by atoms with Gasteiger partial charge in [-0.25, -0.2) is 17.2 Å². The lowest BCUT2D eigenvalue weighted by atomic mass is 9.99. The van der Waals surface area contributed by atoms with Crippen LogP contribution in [0.25, 0.3) is 0 Å². The second-order valence-corrected chi connectivity index (χ2v) is 8.92. The number of benzene rings is 2. The van der Waals surface area contributed by atoms with E-state index >= 15 is 0 Å². The van der Waals surface area contributed by atoms with Crippen molar-refractivity contribution in [2.75, 3.05) is 11.9 Å². The van der Waals surface area contributed by atoms with Crippen LogP contribution in [0.15, 0.2) is 41.3 Å². The molecule has 1 aliphatic heterocycles. The number of hydrogen-bond acceptors (Lipinski definition) is 4. The minimum atomic E-state index is -3.80. The first-order valence-corrected chi connectivity index (χ1v) is 10.1. The van der Waals surface area contributed by atoms with Gasteiger partial charge in [0.05, 0.1) is 15.8 Å². The number of amides is 1. The molecule has 0 saturated carbocycles. The lowest BCUT2D eigenvalue weighted by Crippen LogP contribution is -2.27. The molecular weight excluding hydrogens is 374 g/mol. The summed E-state index contributed by atoms with van der Waals surface area (Å²) < 4.78 is 52.6. The summed E-state index contributed by atoms with van der Waals surface area (Å²) in [5, 5.41) is 4.58. The van der Waals surface area contributed by atoms with Crippen LogP contribution in [0, 0.1) is 11.6 Å². The number of carbonyl (C=O) groups excluding carboxylic acids is 1. The van der Waals surface area contributed by atoms with Crippen LogP contribution in [-0.2, 0) is 27.6 Å². The van der Waals surface area contributed by atoms with Gasteiger partial charge in [0.15, 0.2) is 9.84 Å². The summed E-state index contributed by atoms with van der Waals surface area (Å²) in [5.41, 5.74) is 1.47. The van der Waals surface area contributed by atoms with E-state index in [0.717, 1.165) is 29.8 Å². The zero-order chi connectivity index (χ0) is 19.6. The Morgan fingerprint density at radius 3 is 2.59 bits per heavy atom. The van der Waals surface area contributed by atoms with Crippen molar-refractivity contribution in [3.05, 3.63) is 59.2 Å². The first-order chi connectivity index (χ1) is 12.8. The Kier molecular flexibility index (Phi) is 5.57.